The van der Waals surface area contributed by atoms with E-state index >= 15 is 0 Å². The lowest BCUT2D eigenvalue weighted by Gasteiger charge is -2.00. The molecule has 0 bridgehead atoms. The van der Waals surface area contributed by atoms with Crippen LogP contribution in [0.5, 0.6) is 0 Å². The van der Waals surface area contributed by atoms with E-state index in [4.69, 9.17) is 0 Å². The number of non-ortho nitro benzene ring substituents is 1. The third kappa shape index (κ3) is 3.50. The van der Waals surface area contributed by atoms with Gasteiger partial charge in [-0.1, -0.05) is 19.9 Å². The van der Waals surface area contributed by atoms with Gasteiger partial charge in [-0.3, -0.25) is 14.9 Å². The van der Waals surface area contributed by atoms with Crippen LogP contribution >= 0.6 is 0 Å². The molecule has 4 nitrogen and oxygen atoms in total. The van der Waals surface area contributed by atoms with Crippen LogP contribution in [0.15, 0.2) is 18.2 Å². The van der Waals surface area contributed by atoms with Crippen LogP contribution in [0.2, 0.25) is 0 Å². The van der Waals surface area contributed by atoms with Crippen LogP contribution in [-0.2, 0) is 0 Å². The van der Waals surface area contributed by atoms with Crippen LogP contribution in [-0.4, -0.2) is 10.7 Å². The van der Waals surface area contributed by atoms with E-state index in [2.05, 4.69) is 0 Å². The molecule has 0 aliphatic heterocycles. The number of carbonyl (C=O) groups excluding carboxylic acids is 1. The molecule has 15 heavy (non-hydrogen) atoms. The van der Waals surface area contributed by atoms with Gasteiger partial charge >= 0.3 is 0 Å². The molecule has 0 heterocycles. The van der Waals surface area contributed by atoms with Gasteiger partial charge < -0.3 is 0 Å². The maximum absolute atomic E-state index is 11.0. The average Bonchev–Trinajstić information content (AvgIpc) is 2.20. The summed E-state index contributed by atoms with van der Waals surface area (Å²) in [4.78, 5) is 20.9. The van der Waals surface area contributed by atoms with Crippen LogP contribution in [0.4, 0.5) is 5.69 Å². The molecule has 0 amide bonds. The summed E-state index contributed by atoms with van der Waals surface area (Å²) in [5.74, 6) is -0.152. The zero-order valence-electron chi connectivity index (χ0n) is 9.40. The van der Waals surface area contributed by atoms with E-state index < -0.39 is 4.92 Å². The van der Waals surface area contributed by atoms with Crippen molar-refractivity contribution in [3.05, 3.63) is 39.4 Å². The molecule has 0 fully saturated rings. The van der Waals surface area contributed by atoms with Crippen molar-refractivity contribution in [3.63, 3.8) is 0 Å². The predicted octanol–water partition coefficient (Wildman–Crippen LogP) is 3.13. The Bertz CT molecular complexity index is 372. The Morgan fingerprint density at radius 3 is 2.27 bits per heavy atom. The van der Waals surface area contributed by atoms with Gasteiger partial charge in [-0.05, 0) is 19.4 Å². The summed E-state index contributed by atoms with van der Waals surface area (Å²) in [5.41, 5.74) is 1.13. The van der Waals surface area contributed by atoms with E-state index in [0.29, 0.717) is 5.56 Å². The Morgan fingerprint density at radius 2 is 1.87 bits per heavy atom. The zero-order valence-corrected chi connectivity index (χ0v) is 9.40. The number of hydrogen-bond acceptors (Lipinski definition) is 3. The highest BCUT2D eigenvalue weighted by atomic mass is 16.6. The van der Waals surface area contributed by atoms with Gasteiger partial charge in [0, 0.05) is 17.7 Å². The van der Waals surface area contributed by atoms with Crippen LogP contribution in [0.1, 0.15) is 36.7 Å². The molecule has 0 spiro atoms. The maximum atomic E-state index is 11.0. The van der Waals surface area contributed by atoms with Gasteiger partial charge in [0.05, 0.1) is 4.92 Å². The number of ketones is 1. The Hall–Kier alpha value is -1.71. The summed E-state index contributed by atoms with van der Waals surface area (Å²) in [5, 5.41) is 10.4. The topological polar surface area (TPSA) is 60.2 Å². The standard InChI is InChI=1S/C9H9NO3.C2H6/c1-6-3-4-8(10(12)13)5-9(6)7(2)11;1-2/h3-5H,1-2H3;1-2H3. The predicted molar refractivity (Wildman–Crippen MR) is 59.2 cm³/mol. The largest absolute Gasteiger partial charge is 0.294 e. The molecular formula is C11H15NO3. The highest BCUT2D eigenvalue weighted by molar-refractivity contribution is 5.96. The molecule has 0 aromatic heterocycles. The SMILES string of the molecule is CC.CC(=O)c1cc([N+](=O)[O-])ccc1C. The second kappa shape index (κ2) is 5.90. The number of rotatable bonds is 2. The molecule has 1 rings (SSSR count). The first-order chi connectivity index (χ1) is 7.02. The van der Waals surface area contributed by atoms with Crippen LogP contribution < -0.4 is 0 Å². The second-order valence-corrected chi connectivity index (χ2v) is 2.81. The average molecular weight is 209 g/mol. The van der Waals surface area contributed by atoms with Crippen molar-refractivity contribution in [2.75, 3.05) is 0 Å². The van der Waals surface area contributed by atoms with E-state index in [-0.39, 0.29) is 11.5 Å². The monoisotopic (exact) mass is 209 g/mol. The molecule has 4 heteroatoms. The summed E-state index contributed by atoms with van der Waals surface area (Å²) in [7, 11) is 0. The fraction of sp³-hybridized carbons (Fsp3) is 0.364. The molecule has 0 aliphatic rings. The maximum Gasteiger partial charge on any atom is 0.270 e. The minimum absolute atomic E-state index is 0.0456. The summed E-state index contributed by atoms with van der Waals surface area (Å²) in [6.45, 7) is 7.15. The highest BCUT2D eigenvalue weighted by Crippen LogP contribution is 2.17. The molecule has 0 saturated carbocycles. The first-order valence-electron chi connectivity index (χ1n) is 4.78. The lowest BCUT2D eigenvalue weighted by molar-refractivity contribution is -0.384. The Balaban J connectivity index is 0.000000921. The van der Waals surface area contributed by atoms with Gasteiger partial charge in [-0.2, -0.15) is 0 Å². The van der Waals surface area contributed by atoms with Crippen LogP contribution in [0.3, 0.4) is 0 Å². The molecule has 1 aromatic rings. The van der Waals surface area contributed by atoms with Crippen LogP contribution in [0.25, 0.3) is 0 Å². The Labute approximate surface area is 89.1 Å². The van der Waals surface area contributed by atoms with E-state index in [1.54, 1.807) is 13.0 Å². The first kappa shape index (κ1) is 13.3. The number of nitro groups is 1. The lowest BCUT2D eigenvalue weighted by Crippen LogP contribution is -1.98. The van der Waals surface area contributed by atoms with Crippen molar-refractivity contribution in [3.8, 4) is 0 Å². The summed E-state index contributed by atoms with van der Waals surface area (Å²) in [6, 6.07) is 4.27. The fourth-order valence-corrected chi connectivity index (χ4v) is 1.10. The van der Waals surface area contributed by atoms with Crippen molar-refractivity contribution in [1.82, 2.24) is 0 Å². The molecule has 0 N–H and O–H groups in total. The van der Waals surface area contributed by atoms with Gasteiger partial charge in [0.2, 0.25) is 0 Å². The second-order valence-electron chi connectivity index (χ2n) is 2.81. The molecule has 82 valence electrons. The van der Waals surface area contributed by atoms with Gasteiger partial charge in [-0.15, -0.1) is 0 Å². The Kier molecular flexibility index (Phi) is 5.23. The van der Waals surface area contributed by atoms with Gasteiger partial charge in [0.1, 0.15) is 0 Å². The summed E-state index contributed by atoms with van der Waals surface area (Å²) < 4.78 is 0. The minimum atomic E-state index is -0.508. The molecule has 0 saturated heterocycles. The van der Waals surface area contributed by atoms with Gasteiger partial charge in [-0.25, -0.2) is 0 Å². The van der Waals surface area contributed by atoms with E-state index in [9.17, 15) is 14.9 Å². The zero-order chi connectivity index (χ0) is 12.0. The number of nitro benzene ring substituents is 1. The number of Topliss-reactive ketones (excluding diaryl/α,β-unsaturated/α-hetero) is 1. The first-order valence-corrected chi connectivity index (χ1v) is 4.78. The third-order valence-corrected chi connectivity index (χ3v) is 1.81. The molecule has 0 aliphatic carbocycles. The molecule has 1 aromatic carbocycles. The summed E-state index contributed by atoms with van der Waals surface area (Å²) >= 11 is 0. The molecule has 0 unspecified atom stereocenters. The number of carbonyl (C=O) groups is 1. The van der Waals surface area contributed by atoms with Crippen molar-refractivity contribution in [1.29, 1.82) is 0 Å². The van der Waals surface area contributed by atoms with Crippen molar-refractivity contribution >= 4 is 11.5 Å². The fourth-order valence-electron chi connectivity index (χ4n) is 1.10. The normalized spacial score (nSPS) is 8.80. The lowest BCUT2D eigenvalue weighted by atomic mass is 10.1. The summed E-state index contributed by atoms with van der Waals surface area (Å²) in [6.07, 6.45) is 0. The number of hydrogen-bond donors (Lipinski definition) is 0. The van der Waals surface area contributed by atoms with Crippen molar-refractivity contribution < 1.29 is 9.72 Å². The van der Waals surface area contributed by atoms with Crippen molar-refractivity contribution in [2.24, 2.45) is 0 Å². The van der Waals surface area contributed by atoms with Gasteiger partial charge in [0.15, 0.2) is 5.78 Å². The Morgan fingerprint density at radius 1 is 1.33 bits per heavy atom. The van der Waals surface area contributed by atoms with E-state index in [1.807, 2.05) is 13.8 Å². The highest BCUT2D eigenvalue weighted by Gasteiger charge is 2.10. The molecule has 0 atom stereocenters. The minimum Gasteiger partial charge on any atom is -0.294 e. The van der Waals surface area contributed by atoms with Crippen LogP contribution in [0, 0.1) is 17.0 Å². The number of nitrogens with zero attached hydrogens (tertiary/aromatic N) is 1. The number of aryl methyl sites for hydroxylation is 1. The molecule has 0 radical (unpaired) electrons. The quantitative estimate of drug-likeness (QED) is 0.427. The smallest absolute Gasteiger partial charge is 0.270 e. The van der Waals surface area contributed by atoms with Gasteiger partial charge in [0.25, 0.3) is 5.69 Å². The van der Waals surface area contributed by atoms with E-state index in [1.165, 1.54) is 19.1 Å². The molecular weight excluding hydrogens is 194 g/mol. The van der Waals surface area contributed by atoms with E-state index in [0.717, 1.165) is 5.56 Å². The number of benzene rings is 1. The third-order valence-electron chi connectivity index (χ3n) is 1.81. The van der Waals surface area contributed by atoms with Crippen molar-refractivity contribution in [2.45, 2.75) is 27.7 Å².